The van der Waals surface area contributed by atoms with E-state index in [4.69, 9.17) is 22.9 Å². The highest BCUT2D eigenvalue weighted by Gasteiger charge is 2.40. The summed E-state index contributed by atoms with van der Waals surface area (Å²) in [5.74, 6) is -9.23. The van der Waals surface area contributed by atoms with Crippen LogP contribution in [-0.4, -0.2) is 157 Å². The smallest absolute Gasteiger partial charge is 0.326 e. The van der Waals surface area contributed by atoms with Crippen molar-refractivity contribution in [3.8, 4) is 5.75 Å². The molecule has 0 spiro atoms. The summed E-state index contributed by atoms with van der Waals surface area (Å²) in [6.45, 7) is 7.92. The maximum Gasteiger partial charge on any atom is 0.326 e. The number of carbonyl (C=O) groups excluding carboxylic acids is 7. The molecule has 0 aliphatic carbocycles. The number of nitrogens with one attached hydrogen (secondary N) is 7. The topological polar surface area (TPSA) is 435 Å². The lowest BCUT2D eigenvalue weighted by Crippen LogP contribution is -2.60. The Morgan fingerprint density at radius 3 is 1.93 bits per heavy atom. The third-order valence-corrected chi connectivity index (χ3v) is 12.5. The molecule has 3 rings (SSSR count). The van der Waals surface area contributed by atoms with E-state index in [2.05, 4.69) is 46.9 Å². The second-order valence-electron chi connectivity index (χ2n) is 18.9. The van der Waals surface area contributed by atoms with E-state index in [0.29, 0.717) is 36.9 Å². The summed E-state index contributed by atoms with van der Waals surface area (Å²) in [4.78, 5) is 134. The van der Waals surface area contributed by atoms with Crippen LogP contribution in [0, 0.1) is 11.8 Å². The molecule has 2 aromatic rings. The fraction of sp³-hybridized carbons (Fsp3) is 0.604. The van der Waals surface area contributed by atoms with Gasteiger partial charge in [-0.25, -0.2) is 9.78 Å². The number of aliphatic imine (C=N–C) groups is 1. The molecule has 1 aliphatic heterocycles. The lowest BCUT2D eigenvalue weighted by molar-refractivity contribution is -0.143. The fourth-order valence-corrected chi connectivity index (χ4v) is 8.14. The lowest BCUT2D eigenvalue weighted by atomic mass is 9.97. The molecule has 0 radical (unpaired) electrons. The summed E-state index contributed by atoms with van der Waals surface area (Å²) < 4.78 is 0. The van der Waals surface area contributed by atoms with Gasteiger partial charge in [0.25, 0.3) is 0 Å². The number of guanidine groups is 1. The zero-order chi connectivity index (χ0) is 55.1. The van der Waals surface area contributed by atoms with Gasteiger partial charge >= 0.3 is 11.9 Å². The number of hydrogen-bond donors (Lipinski definition) is 14. The maximum absolute atomic E-state index is 14.4. The Labute approximate surface area is 429 Å². The number of aromatic hydroxyl groups is 1. The van der Waals surface area contributed by atoms with Crippen LogP contribution in [0.3, 0.4) is 0 Å². The van der Waals surface area contributed by atoms with Crippen LogP contribution >= 0.6 is 0 Å². The van der Waals surface area contributed by atoms with Crippen molar-refractivity contribution in [2.24, 2.45) is 39.8 Å². The van der Waals surface area contributed by atoms with Crippen molar-refractivity contribution < 1.29 is 58.5 Å². The second-order valence-corrected chi connectivity index (χ2v) is 18.9. The quantitative estimate of drug-likeness (QED) is 0.0213. The van der Waals surface area contributed by atoms with Crippen LogP contribution in [0.25, 0.3) is 0 Å². The number of aromatic nitrogens is 2. The van der Waals surface area contributed by atoms with E-state index in [9.17, 15) is 58.5 Å². The van der Waals surface area contributed by atoms with Crippen molar-refractivity contribution in [1.29, 1.82) is 0 Å². The van der Waals surface area contributed by atoms with E-state index in [1.165, 1.54) is 41.7 Å². The predicted molar refractivity (Wildman–Crippen MR) is 270 cm³/mol. The Kier molecular flexibility index (Phi) is 25.2. The van der Waals surface area contributed by atoms with Crippen LogP contribution in [-0.2, 0) is 56.0 Å². The lowest BCUT2D eigenvalue weighted by Gasteiger charge is -2.31. The third kappa shape index (κ3) is 20.3. The molecule has 2 heterocycles. The summed E-state index contributed by atoms with van der Waals surface area (Å²) in [5.41, 5.74) is 23.6. The van der Waals surface area contributed by atoms with E-state index < -0.39 is 108 Å². The van der Waals surface area contributed by atoms with Gasteiger partial charge in [0.05, 0.1) is 18.8 Å². The number of nitrogens with two attached hydrogens (primary N) is 4. The van der Waals surface area contributed by atoms with Crippen molar-refractivity contribution in [2.45, 2.75) is 153 Å². The molecule has 1 saturated heterocycles. The molecule has 410 valence electrons. The average molecular weight is 1040 g/mol. The molecule has 7 amide bonds. The van der Waals surface area contributed by atoms with Gasteiger partial charge in [0, 0.05) is 37.8 Å². The highest BCUT2D eigenvalue weighted by molar-refractivity contribution is 5.98. The van der Waals surface area contributed by atoms with Crippen LogP contribution in [0.4, 0.5) is 0 Å². The molecule has 18 N–H and O–H groups in total. The molecule has 0 unspecified atom stereocenters. The van der Waals surface area contributed by atoms with Crippen LogP contribution in [0.15, 0.2) is 41.8 Å². The summed E-state index contributed by atoms with van der Waals surface area (Å²) in [5, 5.41) is 44.9. The first-order valence-electron chi connectivity index (χ1n) is 24.9. The number of aromatic amines is 1. The minimum absolute atomic E-state index is 0.00565. The Morgan fingerprint density at radius 2 is 1.35 bits per heavy atom. The number of rotatable bonds is 32. The number of unbranched alkanes of at least 4 members (excludes halogenated alkanes) is 1. The third-order valence-electron chi connectivity index (χ3n) is 12.5. The average Bonchev–Trinajstić information content (AvgIpc) is 4.06. The first-order chi connectivity index (χ1) is 35.0. The molecular weight excluding hydrogens is 965 g/mol. The first-order valence-corrected chi connectivity index (χ1v) is 24.9. The van der Waals surface area contributed by atoms with Crippen molar-refractivity contribution in [3.05, 3.63) is 48.0 Å². The number of hydrogen-bond acceptors (Lipinski definition) is 14. The Hall–Kier alpha value is -7.35. The number of nitrogens with zero attached hydrogens (tertiary/aromatic N) is 3. The fourth-order valence-electron chi connectivity index (χ4n) is 8.14. The maximum atomic E-state index is 14.4. The van der Waals surface area contributed by atoms with Crippen molar-refractivity contribution >= 4 is 59.2 Å². The van der Waals surface area contributed by atoms with Gasteiger partial charge < -0.3 is 80.0 Å². The second kappa shape index (κ2) is 30.6. The Bertz CT molecular complexity index is 2220. The van der Waals surface area contributed by atoms with E-state index in [1.807, 2.05) is 27.7 Å². The van der Waals surface area contributed by atoms with Crippen LogP contribution in [0.5, 0.6) is 5.75 Å². The number of H-pyrrole nitrogens is 1. The normalized spacial score (nSPS) is 16.5. The van der Waals surface area contributed by atoms with E-state index >= 15 is 0 Å². The van der Waals surface area contributed by atoms with E-state index in [0.717, 1.165) is 0 Å². The number of benzene rings is 1. The van der Waals surface area contributed by atoms with Crippen molar-refractivity contribution in [1.82, 2.24) is 46.8 Å². The van der Waals surface area contributed by atoms with Crippen LogP contribution in [0.2, 0.25) is 0 Å². The molecular formula is C48H76N14O12. The summed E-state index contributed by atoms with van der Waals surface area (Å²) in [7, 11) is 0. The SMILES string of the molecule is CC[C@H](C)[C@@H](N)C(=O)N[C@H](CC(C)C)C(=O)N1CCC[C@@H]1C(=O)N[C@H](Cc1cnc[nH]1)C(=O)N[C@H](CCCN=C(N)N)C(=O)N[C@H](CC(=O)O)C(=O)N[C@H](Cc1ccc(O)cc1)C(=O)N[C@H](CCCCN)C(=O)O. The van der Waals surface area contributed by atoms with Crippen molar-refractivity contribution in [3.63, 3.8) is 0 Å². The first kappa shape index (κ1) is 61.0. The zero-order valence-electron chi connectivity index (χ0n) is 42.5. The number of phenols is 1. The summed E-state index contributed by atoms with van der Waals surface area (Å²) in [6.07, 6.45) is 3.53. The number of carboxylic acid groups (broad SMARTS) is 2. The molecule has 1 aliphatic rings. The number of carboxylic acids is 2. The van der Waals surface area contributed by atoms with Gasteiger partial charge in [-0.1, -0.05) is 46.2 Å². The zero-order valence-corrected chi connectivity index (χ0v) is 42.5. The van der Waals surface area contributed by atoms with Gasteiger partial charge in [-0.05, 0) is 87.4 Å². The molecule has 26 nitrogen and oxygen atoms in total. The van der Waals surface area contributed by atoms with E-state index in [1.54, 1.807) is 0 Å². The van der Waals surface area contributed by atoms with Gasteiger partial charge in [-0.2, -0.15) is 0 Å². The highest BCUT2D eigenvalue weighted by Crippen LogP contribution is 2.22. The molecule has 1 aromatic heterocycles. The number of phenolic OH excluding ortho intramolecular Hbond substituents is 1. The molecule has 74 heavy (non-hydrogen) atoms. The summed E-state index contributed by atoms with van der Waals surface area (Å²) in [6, 6.07) is -5.13. The number of carbonyl (C=O) groups is 9. The van der Waals surface area contributed by atoms with Gasteiger partial charge in [0.1, 0.15) is 48.0 Å². The molecule has 0 saturated carbocycles. The minimum Gasteiger partial charge on any atom is -0.508 e. The largest absolute Gasteiger partial charge is 0.508 e. The standard InChI is InChI=1S/C48H76N14O12/c1-5-27(4)39(50)45(71)61-36(20-26(2)3)46(72)62-19-9-12-37(62)44(70)60-34(22-29-24-53-25-55-29)42(68)56-31(11-8-18-54-48(51)52)40(66)59-35(23-38(64)65)43(69)58-33(21-28-13-15-30(63)16-14-28)41(67)57-32(47(73)74)10-6-7-17-49/h13-16,24-27,31-37,39,63H,5-12,17-23,49-50H2,1-4H3,(H,53,55)(H,56,68)(H,57,67)(H,58,69)(H,59,66)(H,60,70)(H,61,71)(H,64,65)(H,73,74)(H4,51,52,54)/t27-,31+,32+,33+,34+,35+,36+,37+,39+/m0/s1. The number of aliphatic carboxylic acids is 2. The molecule has 1 fully saturated rings. The molecule has 26 heteroatoms. The van der Waals surface area contributed by atoms with Gasteiger partial charge in [-0.15, -0.1) is 0 Å². The molecule has 0 bridgehead atoms. The minimum atomic E-state index is -1.88. The Balaban J connectivity index is 1.93. The molecule has 1 aromatic carbocycles. The highest BCUT2D eigenvalue weighted by atomic mass is 16.4. The van der Waals surface area contributed by atoms with Crippen molar-refractivity contribution in [2.75, 3.05) is 19.6 Å². The number of imidazole rings is 1. The van der Waals surface area contributed by atoms with Crippen LogP contribution in [0.1, 0.15) is 103 Å². The monoisotopic (exact) mass is 1040 g/mol. The number of amides is 7. The summed E-state index contributed by atoms with van der Waals surface area (Å²) >= 11 is 0. The Morgan fingerprint density at radius 1 is 0.770 bits per heavy atom. The van der Waals surface area contributed by atoms with Gasteiger partial charge in [-0.3, -0.25) is 43.3 Å². The number of likely N-dealkylation sites (tertiary alicyclic amines) is 1. The van der Waals surface area contributed by atoms with Gasteiger partial charge in [0.15, 0.2) is 5.96 Å². The predicted octanol–water partition coefficient (Wildman–Crippen LogP) is -2.04. The molecule has 9 atom stereocenters. The van der Waals surface area contributed by atoms with E-state index in [-0.39, 0.29) is 88.1 Å². The van der Waals surface area contributed by atoms with Crippen LogP contribution < -0.4 is 54.8 Å². The van der Waals surface area contributed by atoms with Gasteiger partial charge in [0.2, 0.25) is 41.4 Å².